The van der Waals surface area contributed by atoms with E-state index in [-0.39, 0.29) is 0 Å². The Morgan fingerprint density at radius 2 is 1.93 bits per heavy atom. The SMILES string of the molecule is Cn1cc(-c2ccc(CCN)cc2)cn1. The minimum Gasteiger partial charge on any atom is -0.330 e. The average molecular weight is 201 g/mol. The smallest absolute Gasteiger partial charge is 0.0568 e. The normalized spacial score (nSPS) is 10.5. The molecule has 2 rings (SSSR count). The van der Waals surface area contributed by atoms with E-state index < -0.39 is 0 Å². The van der Waals surface area contributed by atoms with Crippen molar-refractivity contribution in [3.63, 3.8) is 0 Å². The van der Waals surface area contributed by atoms with Crippen LogP contribution in [0.25, 0.3) is 11.1 Å². The predicted molar refractivity (Wildman–Crippen MR) is 61.4 cm³/mol. The van der Waals surface area contributed by atoms with Gasteiger partial charge in [0.1, 0.15) is 0 Å². The van der Waals surface area contributed by atoms with Gasteiger partial charge in [0.25, 0.3) is 0 Å². The van der Waals surface area contributed by atoms with Crippen molar-refractivity contribution in [2.75, 3.05) is 6.54 Å². The predicted octanol–water partition coefficient (Wildman–Crippen LogP) is 1.59. The van der Waals surface area contributed by atoms with Crippen LogP contribution in [0.5, 0.6) is 0 Å². The van der Waals surface area contributed by atoms with Gasteiger partial charge in [-0.15, -0.1) is 0 Å². The molecule has 0 aliphatic carbocycles. The molecule has 15 heavy (non-hydrogen) atoms. The quantitative estimate of drug-likeness (QED) is 0.819. The fraction of sp³-hybridized carbons (Fsp3) is 0.250. The lowest BCUT2D eigenvalue weighted by molar-refractivity contribution is 0.768. The Bertz CT molecular complexity index is 428. The van der Waals surface area contributed by atoms with Crippen molar-refractivity contribution >= 4 is 0 Å². The van der Waals surface area contributed by atoms with E-state index in [0.717, 1.165) is 12.0 Å². The zero-order valence-corrected chi connectivity index (χ0v) is 8.85. The van der Waals surface area contributed by atoms with Gasteiger partial charge in [0, 0.05) is 18.8 Å². The zero-order valence-electron chi connectivity index (χ0n) is 8.85. The van der Waals surface area contributed by atoms with E-state index in [0.29, 0.717) is 6.54 Å². The summed E-state index contributed by atoms with van der Waals surface area (Å²) in [6, 6.07) is 8.47. The first-order valence-electron chi connectivity index (χ1n) is 5.07. The minimum absolute atomic E-state index is 0.701. The van der Waals surface area contributed by atoms with Gasteiger partial charge in [-0.1, -0.05) is 24.3 Å². The van der Waals surface area contributed by atoms with E-state index in [4.69, 9.17) is 5.73 Å². The number of rotatable bonds is 3. The highest BCUT2D eigenvalue weighted by Crippen LogP contribution is 2.18. The molecule has 1 aromatic carbocycles. The Morgan fingerprint density at radius 3 is 2.47 bits per heavy atom. The summed E-state index contributed by atoms with van der Waals surface area (Å²) in [5.41, 5.74) is 9.13. The Labute approximate surface area is 89.5 Å². The van der Waals surface area contributed by atoms with E-state index in [1.165, 1.54) is 11.1 Å². The number of hydrogen-bond donors (Lipinski definition) is 1. The van der Waals surface area contributed by atoms with Gasteiger partial charge in [-0.3, -0.25) is 4.68 Å². The first-order chi connectivity index (χ1) is 7.29. The average Bonchev–Trinajstić information content (AvgIpc) is 2.67. The third-order valence-corrected chi connectivity index (χ3v) is 2.43. The molecule has 1 heterocycles. The number of benzene rings is 1. The van der Waals surface area contributed by atoms with E-state index in [1.807, 2.05) is 24.1 Å². The highest BCUT2D eigenvalue weighted by Gasteiger charge is 1.99. The summed E-state index contributed by atoms with van der Waals surface area (Å²) in [4.78, 5) is 0. The molecule has 1 aromatic heterocycles. The first kappa shape index (κ1) is 9.93. The Kier molecular flexibility index (Phi) is 2.83. The largest absolute Gasteiger partial charge is 0.330 e. The minimum atomic E-state index is 0.701. The van der Waals surface area contributed by atoms with Crippen molar-refractivity contribution in [1.82, 2.24) is 9.78 Å². The molecule has 0 spiro atoms. The van der Waals surface area contributed by atoms with Crippen LogP contribution in [0.3, 0.4) is 0 Å². The molecule has 0 aliphatic heterocycles. The van der Waals surface area contributed by atoms with E-state index >= 15 is 0 Å². The van der Waals surface area contributed by atoms with Crippen molar-refractivity contribution in [2.45, 2.75) is 6.42 Å². The van der Waals surface area contributed by atoms with Crippen molar-refractivity contribution in [3.05, 3.63) is 42.2 Å². The number of aromatic nitrogens is 2. The fourth-order valence-electron chi connectivity index (χ4n) is 1.60. The van der Waals surface area contributed by atoms with Gasteiger partial charge in [-0.05, 0) is 24.1 Å². The number of aryl methyl sites for hydroxylation is 1. The maximum atomic E-state index is 5.50. The van der Waals surface area contributed by atoms with Gasteiger partial charge in [0.15, 0.2) is 0 Å². The van der Waals surface area contributed by atoms with Crippen LogP contribution in [0.1, 0.15) is 5.56 Å². The highest BCUT2D eigenvalue weighted by molar-refractivity contribution is 5.61. The second-order valence-electron chi connectivity index (χ2n) is 3.64. The lowest BCUT2D eigenvalue weighted by Crippen LogP contribution is -2.02. The van der Waals surface area contributed by atoms with Crippen molar-refractivity contribution < 1.29 is 0 Å². The molecule has 0 radical (unpaired) electrons. The van der Waals surface area contributed by atoms with Crippen LogP contribution in [-0.2, 0) is 13.5 Å². The maximum Gasteiger partial charge on any atom is 0.0568 e. The second kappa shape index (κ2) is 4.28. The topological polar surface area (TPSA) is 43.8 Å². The Morgan fingerprint density at radius 1 is 1.20 bits per heavy atom. The van der Waals surface area contributed by atoms with Crippen molar-refractivity contribution in [3.8, 4) is 11.1 Å². The molecule has 0 atom stereocenters. The molecule has 2 N–H and O–H groups in total. The van der Waals surface area contributed by atoms with Gasteiger partial charge < -0.3 is 5.73 Å². The summed E-state index contributed by atoms with van der Waals surface area (Å²) in [7, 11) is 1.92. The third kappa shape index (κ3) is 2.25. The molecular weight excluding hydrogens is 186 g/mol. The van der Waals surface area contributed by atoms with Crippen molar-refractivity contribution in [2.24, 2.45) is 12.8 Å². The number of nitrogens with two attached hydrogens (primary N) is 1. The summed E-state index contributed by atoms with van der Waals surface area (Å²) in [6.07, 6.45) is 4.82. The lowest BCUT2D eigenvalue weighted by Gasteiger charge is -2.00. The molecule has 0 unspecified atom stereocenters. The standard InChI is InChI=1S/C12H15N3/c1-15-9-12(8-14-15)11-4-2-10(3-5-11)6-7-13/h2-5,8-9H,6-7,13H2,1H3. The monoisotopic (exact) mass is 201 g/mol. The number of hydrogen-bond acceptors (Lipinski definition) is 2. The number of nitrogens with zero attached hydrogens (tertiary/aromatic N) is 2. The molecule has 3 nitrogen and oxygen atoms in total. The lowest BCUT2D eigenvalue weighted by atomic mass is 10.1. The first-order valence-corrected chi connectivity index (χ1v) is 5.07. The molecule has 0 aliphatic rings. The molecule has 0 saturated heterocycles. The van der Waals surface area contributed by atoms with Gasteiger partial charge in [-0.2, -0.15) is 5.10 Å². The molecule has 2 aromatic rings. The van der Waals surface area contributed by atoms with Gasteiger partial charge in [0.2, 0.25) is 0 Å². The van der Waals surface area contributed by atoms with Gasteiger partial charge in [-0.25, -0.2) is 0 Å². The highest BCUT2D eigenvalue weighted by atomic mass is 15.2. The molecule has 0 fully saturated rings. The Hall–Kier alpha value is -1.61. The summed E-state index contributed by atoms with van der Waals surface area (Å²) in [5, 5.41) is 4.15. The van der Waals surface area contributed by atoms with Crippen LogP contribution in [0.15, 0.2) is 36.7 Å². The maximum absolute atomic E-state index is 5.50. The fourth-order valence-corrected chi connectivity index (χ4v) is 1.60. The van der Waals surface area contributed by atoms with Crippen LogP contribution >= 0.6 is 0 Å². The van der Waals surface area contributed by atoms with Crippen LogP contribution in [0.4, 0.5) is 0 Å². The van der Waals surface area contributed by atoms with Gasteiger partial charge >= 0.3 is 0 Å². The van der Waals surface area contributed by atoms with Crippen LogP contribution in [0.2, 0.25) is 0 Å². The van der Waals surface area contributed by atoms with Crippen molar-refractivity contribution in [1.29, 1.82) is 0 Å². The summed E-state index contributed by atoms with van der Waals surface area (Å²) >= 11 is 0. The molecule has 0 bridgehead atoms. The molecule has 78 valence electrons. The van der Waals surface area contributed by atoms with Crippen LogP contribution in [0, 0.1) is 0 Å². The zero-order chi connectivity index (χ0) is 10.7. The molecule has 0 saturated carbocycles. The Balaban J connectivity index is 2.23. The summed E-state index contributed by atoms with van der Waals surface area (Å²) in [6.45, 7) is 0.701. The molecular formula is C12H15N3. The third-order valence-electron chi connectivity index (χ3n) is 2.43. The van der Waals surface area contributed by atoms with E-state index in [1.54, 1.807) is 0 Å². The summed E-state index contributed by atoms with van der Waals surface area (Å²) in [5.74, 6) is 0. The van der Waals surface area contributed by atoms with E-state index in [9.17, 15) is 0 Å². The molecule has 0 amide bonds. The molecule has 3 heteroatoms. The van der Waals surface area contributed by atoms with E-state index in [2.05, 4.69) is 29.4 Å². The van der Waals surface area contributed by atoms with Crippen LogP contribution < -0.4 is 5.73 Å². The second-order valence-corrected chi connectivity index (χ2v) is 3.64. The van der Waals surface area contributed by atoms with Gasteiger partial charge in [0.05, 0.1) is 6.20 Å². The van der Waals surface area contributed by atoms with Crippen LogP contribution in [-0.4, -0.2) is 16.3 Å². The summed E-state index contributed by atoms with van der Waals surface area (Å²) < 4.78 is 1.81.